The zero-order chi connectivity index (χ0) is 20.5. The maximum Gasteiger partial charge on any atom is 0.261 e. The number of benzene rings is 3. The molecule has 0 spiro atoms. The van der Waals surface area contributed by atoms with E-state index in [1.54, 1.807) is 0 Å². The summed E-state index contributed by atoms with van der Waals surface area (Å²) in [6, 6.07) is 22.2. The molecule has 4 nitrogen and oxygen atoms in total. The normalized spacial score (nSPS) is 11.8. The molecule has 3 rings (SSSR count). The summed E-state index contributed by atoms with van der Waals surface area (Å²) in [7, 11) is 0. The quantitative estimate of drug-likeness (QED) is 0.487. The fraction of sp³-hybridized carbons (Fsp3) is 0.320. The van der Waals surface area contributed by atoms with Gasteiger partial charge in [-0.3, -0.25) is 4.79 Å². The number of amides is 1. The molecular formula is C25H29NO3. The summed E-state index contributed by atoms with van der Waals surface area (Å²) in [5, 5.41) is 5.27. The Morgan fingerprint density at radius 2 is 1.66 bits per heavy atom. The van der Waals surface area contributed by atoms with Crippen molar-refractivity contribution >= 4 is 16.7 Å². The molecule has 0 aromatic heterocycles. The lowest BCUT2D eigenvalue weighted by Crippen LogP contribution is -2.38. The van der Waals surface area contributed by atoms with Gasteiger partial charge in [0.25, 0.3) is 5.91 Å². The van der Waals surface area contributed by atoms with E-state index in [2.05, 4.69) is 23.5 Å². The highest BCUT2D eigenvalue weighted by Gasteiger charge is 2.17. The molecule has 152 valence electrons. The standard InChI is InChI=1S/C25H29NO3/c1-3-24(29-23-16-13-20-9-5-6-10-21(20)18-23)25(27)26-17-7-8-19-11-14-22(15-12-19)28-4-2/h5-6,9-16,18,24H,3-4,7-8,17H2,1-2H3,(H,26,27). The maximum absolute atomic E-state index is 12.5. The van der Waals surface area contributed by atoms with Crippen molar-refractivity contribution in [1.29, 1.82) is 0 Å². The zero-order valence-corrected chi connectivity index (χ0v) is 17.2. The Hall–Kier alpha value is -3.01. The number of fused-ring (bicyclic) bond motifs is 1. The second-order valence-electron chi connectivity index (χ2n) is 7.00. The molecule has 1 N–H and O–H groups in total. The van der Waals surface area contributed by atoms with Crippen LogP contribution < -0.4 is 14.8 Å². The predicted molar refractivity (Wildman–Crippen MR) is 118 cm³/mol. The smallest absolute Gasteiger partial charge is 0.261 e. The predicted octanol–water partition coefficient (Wildman–Crippen LogP) is 5.14. The molecule has 0 aliphatic rings. The zero-order valence-electron chi connectivity index (χ0n) is 17.2. The minimum Gasteiger partial charge on any atom is -0.494 e. The number of aryl methyl sites for hydroxylation is 1. The Bertz CT molecular complexity index is 921. The Morgan fingerprint density at radius 3 is 2.38 bits per heavy atom. The van der Waals surface area contributed by atoms with Crippen LogP contribution in [0.4, 0.5) is 0 Å². The lowest BCUT2D eigenvalue weighted by Gasteiger charge is -2.17. The van der Waals surface area contributed by atoms with Crippen LogP contribution in [0.2, 0.25) is 0 Å². The van der Waals surface area contributed by atoms with Crippen LogP contribution in [0.15, 0.2) is 66.7 Å². The van der Waals surface area contributed by atoms with E-state index in [0.717, 1.165) is 35.1 Å². The van der Waals surface area contributed by atoms with Gasteiger partial charge in [-0.05, 0) is 66.8 Å². The van der Waals surface area contributed by atoms with Crippen LogP contribution >= 0.6 is 0 Å². The van der Waals surface area contributed by atoms with E-state index in [4.69, 9.17) is 9.47 Å². The highest BCUT2D eigenvalue weighted by atomic mass is 16.5. The van der Waals surface area contributed by atoms with E-state index in [0.29, 0.717) is 19.6 Å². The third-order valence-electron chi connectivity index (χ3n) is 4.84. The fourth-order valence-electron chi connectivity index (χ4n) is 3.26. The second-order valence-corrected chi connectivity index (χ2v) is 7.00. The summed E-state index contributed by atoms with van der Waals surface area (Å²) in [6.07, 6.45) is 1.93. The lowest BCUT2D eigenvalue weighted by atomic mass is 10.1. The fourth-order valence-corrected chi connectivity index (χ4v) is 3.26. The molecule has 29 heavy (non-hydrogen) atoms. The summed E-state index contributed by atoms with van der Waals surface area (Å²) in [4.78, 5) is 12.5. The number of rotatable bonds is 10. The monoisotopic (exact) mass is 391 g/mol. The van der Waals surface area contributed by atoms with E-state index in [-0.39, 0.29) is 5.91 Å². The molecule has 0 aliphatic heterocycles. The largest absolute Gasteiger partial charge is 0.494 e. The van der Waals surface area contributed by atoms with Gasteiger partial charge in [0.1, 0.15) is 11.5 Å². The van der Waals surface area contributed by atoms with Crippen molar-refractivity contribution in [3.63, 3.8) is 0 Å². The molecule has 0 fully saturated rings. The Balaban J connectivity index is 1.46. The van der Waals surface area contributed by atoms with Crippen LogP contribution in [0.5, 0.6) is 11.5 Å². The SMILES string of the molecule is CCOc1ccc(CCCNC(=O)C(CC)Oc2ccc3ccccc3c2)cc1. The number of ether oxygens (including phenoxy) is 2. The van der Waals surface area contributed by atoms with Crippen molar-refractivity contribution in [3.8, 4) is 11.5 Å². The summed E-state index contributed by atoms with van der Waals surface area (Å²) in [6.45, 7) is 5.24. The molecule has 0 radical (unpaired) electrons. The molecule has 4 heteroatoms. The highest BCUT2D eigenvalue weighted by molar-refractivity contribution is 5.84. The van der Waals surface area contributed by atoms with Crippen molar-refractivity contribution in [2.75, 3.05) is 13.2 Å². The van der Waals surface area contributed by atoms with Crippen LogP contribution in [0.3, 0.4) is 0 Å². The third-order valence-corrected chi connectivity index (χ3v) is 4.84. The van der Waals surface area contributed by atoms with Gasteiger partial charge in [0.15, 0.2) is 6.10 Å². The van der Waals surface area contributed by atoms with Crippen molar-refractivity contribution in [1.82, 2.24) is 5.32 Å². The van der Waals surface area contributed by atoms with Crippen LogP contribution in [-0.4, -0.2) is 25.2 Å². The molecular weight excluding hydrogens is 362 g/mol. The number of nitrogens with one attached hydrogen (secondary N) is 1. The van der Waals surface area contributed by atoms with E-state index in [9.17, 15) is 4.79 Å². The first-order chi connectivity index (χ1) is 14.2. The maximum atomic E-state index is 12.5. The van der Waals surface area contributed by atoms with Gasteiger partial charge >= 0.3 is 0 Å². The van der Waals surface area contributed by atoms with Crippen LogP contribution in [-0.2, 0) is 11.2 Å². The van der Waals surface area contributed by atoms with Crippen LogP contribution in [0.25, 0.3) is 10.8 Å². The van der Waals surface area contributed by atoms with Crippen molar-refractivity contribution in [2.45, 2.75) is 39.2 Å². The van der Waals surface area contributed by atoms with Crippen molar-refractivity contribution in [3.05, 3.63) is 72.3 Å². The first-order valence-corrected chi connectivity index (χ1v) is 10.3. The highest BCUT2D eigenvalue weighted by Crippen LogP contribution is 2.22. The van der Waals surface area contributed by atoms with Gasteiger partial charge < -0.3 is 14.8 Å². The molecule has 1 unspecified atom stereocenters. The average Bonchev–Trinajstić information content (AvgIpc) is 2.76. The van der Waals surface area contributed by atoms with Gasteiger partial charge in [-0.2, -0.15) is 0 Å². The van der Waals surface area contributed by atoms with Gasteiger partial charge in [-0.1, -0.05) is 49.4 Å². The van der Waals surface area contributed by atoms with Crippen molar-refractivity contribution < 1.29 is 14.3 Å². The topological polar surface area (TPSA) is 47.6 Å². The summed E-state index contributed by atoms with van der Waals surface area (Å²) in [5.41, 5.74) is 1.24. The average molecular weight is 392 g/mol. The van der Waals surface area contributed by atoms with Gasteiger partial charge in [0.2, 0.25) is 0 Å². The molecule has 1 amide bonds. The van der Waals surface area contributed by atoms with Crippen molar-refractivity contribution in [2.24, 2.45) is 0 Å². The van der Waals surface area contributed by atoms with Gasteiger partial charge in [-0.15, -0.1) is 0 Å². The molecule has 3 aromatic carbocycles. The Morgan fingerprint density at radius 1 is 0.931 bits per heavy atom. The number of carbonyl (C=O) groups excluding carboxylic acids is 1. The molecule has 0 saturated heterocycles. The summed E-state index contributed by atoms with van der Waals surface area (Å²) >= 11 is 0. The minimum atomic E-state index is -0.485. The Labute approximate surface area is 172 Å². The number of hydrogen-bond acceptors (Lipinski definition) is 3. The van der Waals surface area contributed by atoms with Gasteiger partial charge in [-0.25, -0.2) is 0 Å². The number of carbonyl (C=O) groups is 1. The van der Waals surface area contributed by atoms with Crippen LogP contribution in [0, 0.1) is 0 Å². The molecule has 0 aliphatic carbocycles. The lowest BCUT2D eigenvalue weighted by molar-refractivity contribution is -0.128. The second kappa shape index (κ2) is 10.5. The first kappa shape index (κ1) is 20.7. The van der Waals surface area contributed by atoms with Gasteiger partial charge in [0.05, 0.1) is 6.61 Å². The molecule has 0 heterocycles. The van der Waals surface area contributed by atoms with Crippen LogP contribution in [0.1, 0.15) is 32.3 Å². The molecule has 1 atom stereocenters. The Kier molecular flexibility index (Phi) is 7.51. The van der Waals surface area contributed by atoms with E-state index >= 15 is 0 Å². The molecule has 0 bridgehead atoms. The van der Waals surface area contributed by atoms with E-state index in [1.165, 1.54) is 5.56 Å². The van der Waals surface area contributed by atoms with E-state index < -0.39 is 6.10 Å². The van der Waals surface area contributed by atoms with E-state index in [1.807, 2.05) is 62.4 Å². The minimum absolute atomic E-state index is 0.0626. The first-order valence-electron chi connectivity index (χ1n) is 10.3. The number of hydrogen-bond donors (Lipinski definition) is 1. The molecule has 3 aromatic rings. The third kappa shape index (κ3) is 5.98. The van der Waals surface area contributed by atoms with Gasteiger partial charge in [0, 0.05) is 6.54 Å². The molecule has 0 saturated carbocycles. The summed E-state index contributed by atoms with van der Waals surface area (Å²) in [5.74, 6) is 1.55. The summed E-state index contributed by atoms with van der Waals surface area (Å²) < 4.78 is 11.4.